The fraction of sp³-hybridized carbons (Fsp3) is 0.750. The monoisotopic (exact) mass is 241 g/mol. The van der Waals surface area contributed by atoms with Crippen molar-refractivity contribution >= 4 is 0 Å². The first kappa shape index (κ1) is 14.2. The van der Waals surface area contributed by atoms with Gasteiger partial charge in [0.1, 0.15) is 0 Å². The van der Waals surface area contributed by atoms with Gasteiger partial charge in [0.05, 0.1) is 18.9 Å². The standard InChI is InChI=1S/C12H23N3O2/c1-10-8-12(15(2)14-10)9-11(13)4-5-17-7-6-16-3/h8,11H,4-7,9,13H2,1-3H3. The molecule has 0 fully saturated rings. The predicted molar refractivity (Wildman–Crippen MR) is 66.9 cm³/mol. The van der Waals surface area contributed by atoms with Gasteiger partial charge in [0.15, 0.2) is 0 Å². The van der Waals surface area contributed by atoms with Crippen LogP contribution in [0.1, 0.15) is 17.8 Å². The van der Waals surface area contributed by atoms with Gasteiger partial charge in [0.25, 0.3) is 0 Å². The summed E-state index contributed by atoms with van der Waals surface area (Å²) in [6, 6.07) is 2.19. The second-order valence-electron chi connectivity index (χ2n) is 4.26. The largest absolute Gasteiger partial charge is 0.382 e. The molecule has 0 spiro atoms. The van der Waals surface area contributed by atoms with E-state index in [0.29, 0.717) is 19.8 Å². The van der Waals surface area contributed by atoms with Crippen LogP contribution < -0.4 is 5.73 Å². The molecule has 1 heterocycles. The van der Waals surface area contributed by atoms with Gasteiger partial charge in [-0.2, -0.15) is 5.10 Å². The molecule has 2 N–H and O–H groups in total. The van der Waals surface area contributed by atoms with Gasteiger partial charge in [-0.15, -0.1) is 0 Å². The zero-order valence-electron chi connectivity index (χ0n) is 11.0. The SMILES string of the molecule is COCCOCCC(N)Cc1cc(C)nn1C. The minimum absolute atomic E-state index is 0.118. The molecule has 1 atom stereocenters. The lowest BCUT2D eigenvalue weighted by Gasteiger charge is -2.11. The van der Waals surface area contributed by atoms with Crippen LogP contribution in [-0.2, 0) is 22.9 Å². The van der Waals surface area contributed by atoms with Crippen LogP contribution in [0.4, 0.5) is 0 Å². The van der Waals surface area contributed by atoms with Crippen LogP contribution in [0.15, 0.2) is 6.07 Å². The molecule has 5 heteroatoms. The molecule has 0 radical (unpaired) electrons. The summed E-state index contributed by atoms with van der Waals surface area (Å²) in [4.78, 5) is 0. The smallest absolute Gasteiger partial charge is 0.0700 e. The number of methoxy groups -OCH3 is 1. The van der Waals surface area contributed by atoms with Crippen LogP contribution in [0.5, 0.6) is 0 Å². The van der Waals surface area contributed by atoms with Crippen LogP contribution in [-0.4, -0.2) is 42.8 Å². The number of aromatic nitrogens is 2. The molecule has 1 unspecified atom stereocenters. The highest BCUT2D eigenvalue weighted by Crippen LogP contribution is 2.06. The molecule has 1 aromatic rings. The Bertz CT molecular complexity index is 326. The molecule has 0 aliphatic carbocycles. The Labute approximate surface area is 103 Å². The molecular formula is C12H23N3O2. The Hall–Kier alpha value is -0.910. The maximum atomic E-state index is 6.05. The number of rotatable bonds is 8. The fourth-order valence-corrected chi connectivity index (χ4v) is 1.70. The van der Waals surface area contributed by atoms with E-state index < -0.39 is 0 Å². The van der Waals surface area contributed by atoms with Gasteiger partial charge in [0.2, 0.25) is 0 Å². The summed E-state index contributed by atoms with van der Waals surface area (Å²) < 4.78 is 12.2. The summed E-state index contributed by atoms with van der Waals surface area (Å²) in [5.41, 5.74) is 8.25. The first-order chi connectivity index (χ1) is 8.13. The summed E-state index contributed by atoms with van der Waals surface area (Å²) in [6.45, 7) is 3.94. The number of hydrogen-bond donors (Lipinski definition) is 1. The second-order valence-corrected chi connectivity index (χ2v) is 4.26. The molecule has 0 saturated carbocycles. The lowest BCUT2D eigenvalue weighted by atomic mass is 10.1. The molecule has 0 aliphatic heterocycles. The molecule has 98 valence electrons. The zero-order valence-corrected chi connectivity index (χ0v) is 11.0. The Morgan fingerprint density at radius 1 is 1.41 bits per heavy atom. The lowest BCUT2D eigenvalue weighted by Crippen LogP contribution is -2.26. The quantitative estimate of drug-likeness (QED) is 0.679. The van der Waals surface area contributed by atoms with Gasteiger partial charge in [-0.3, -0.25) is 4.68 Å². The van der Waals surface area contributed by atoms with Gasteiger partial charge in [-0.25, -0.2) is 0 Å². The van der Waals surface area contributed by atoms with E-state index in [0.717, 1.165) is 18.5 Å². The van der Waals surface area contributed by atoms with Crippen molar-refractivity contribution in [1.82, 2.24) is 9.78 Å². The first-order valence-corrected chi connectivity index (χ1v) is 5.95. The van der Waals surface area contributed by atoms with Crippen molar-refractivity contribution in [2.45, 2.75) is 25.8 Å². The van der Waals surface area contributed by atoms with Crippen LogP contribution in [0.25, 0.3) is 0 Å². The lowest BCUT2D eigenvalue weighted by molar-refractivity contribution is 0.0672. The Kier molecular flexibility index (Phi) is 6.18. The summed E-state index contributed by atoms with van der Waals surface area (Å²) in [5.74, 6) is 0. The average Bonchev–Trinajstić information content (AvgIpc) is 2.57. The van der Waals surface area contributed by atoms with E-state index in [2.05, 4.69) is 11.2 Å². The molecule has 17 heavy (non-hydrogen) atoms. The minimum Gasteiger partial charge on any atom is -0.382 e. The van der Waals surface area contributed by atoms with E-state index in [1.54, 1.807) is 7.11 Å². The van der Waals surface area contributed by atoms with Crippen LogP contribution in [0.3, 0.4) is 0 Å². The topological polar surface area (TPSA) is 62.3 Å². The van der Waals surface area contributed by atoms with Crippen molar-refractivity contribution in [2.75, 3.05) is 26.9 Å². The number of nitrogens with zero attached hydrogens (tertiary/aromatic N) is 2. The van der Waals surface area contributed by atoms with Gasteiger partial charge >= 0.3 is 0 Å². The molecule has 1 rings (SSSR count). The van der Waals surface area contributed by atoms with Crippen LogP contribution >= 0.6 is 0 Å². The van der Waals surface area contributed by atoms with Gasteiger partial charge < -0.3 is 15.2 Å². The minimum atomic E-state index is 0.118. The van der Waals surface area contributed by atoms with Crippen molar-refractivity contribution in [3.63, 3.8) is 0 Å². The summed E-state index contributed by atoms with van der Waals surface area (Å²) in [7, 11) is 3.62. The summed E-state index contributed by atoms with van der Waals surface area (Å²) in [6.07, 6.45) is 1.69. The second kappa shape index (κ2) is 7.42. The van der Waals surface area contributed by atoms with E-state index in [4.69, 9.17) is 15.2 Å². The summed E-state index contributed by atoms with van der Waals surface area (Å²) >= 11 is 0. The van der Waals surface area contributed by atoms with E-state index in [-0.39, 0.29) is 6.04 Å². The molecule has 5 nitrogen and oxygen atoms in total. The van der Waals surface area contributed by atoms with Crippen LogP contribution in [0.2, 0.25) is 0 Å². The molecule has 0 aliphatic rings. The van der Waals surface area contributed by atoms with Gasteiger partial charge in [-0.05, 0) is 19.4 Å². The van der Waals surface area contributed by atoms with Crippen molar-refractivity contribution in [3.8, 4) is 0 Å². The van der Waals surface area contributed by atoms with E-state index in [1.165, 1.54) is 5.69 Å². The van der Waals surface area contributed by atoms with Crippen molar-refractivity contribution in [2.24, 2.45) is 12.8 Å². The van der Waals surface area contributed by atoms with Crippen molar-refractivity contribution in [1.29, 1.82) is 0 Å². The molecule has 0 bridgehead atoms. The maximum Gasteiger partial charge on any atom is 0.0700 e. The highest BCUT2D eigenvalue weighted by molar-refractivity contribution is 5.09. The third-order valence-corrected chi connectivity index (χ3v) is 2.63. The molecule has 1 aromatic heterocycles. The number of nitrogens with two attached hydrogens (primary N) is 1. The predicted octanol–water partition coefficient (Wildman–Crippen LogP) is 0.651. The van der Waals surface area contributed by atoms with Crippen LogP contribution in [0, 0.1) is 6.92 Å². The summed E-state index contributed by atoms with van der Waals surface area (Å²) in [5, 5.41) is 4.30. The third kappa shape index (κ3) is 5.30. The fourth-order valence-electron chi connectivity index (χ4n) is 1.70. The molecular weight excluding hydrogens is 218 g/mol. The average molecular weight is 241 g/mol. The molecule has 0 amide bonds. The first-order valence-electron chi connectivity index (χ1n) is 5.95. The number of ether oxygens (including phenoxy) is 2. The number of hydrogen-bond acceptors (Lipinski definition) is 4. The zero-order chi connectivity index (χ0) is 12.7. The number of aryl methyl sites for hydroxylation is 2. The molecule has 0 saturated heterocycles. The van der Waals surface area contributed by atoms with Crippen molar-refractivity contribution in [3.05, 3.63) is 17.5 Å². The Morgan fingerprint density at radius 3 is 2.76 bits per heavy atom. The Balaban J connectivity index is 2.20. The molecule has 0 aromatic carbocycles. The van der Waals surface area contributed by atoms with Crippen molar-refractivity contribution < 1.29 is 9.47 Å². The highest BCUT2D eigenvalue weighted by atomic mass is 16.5. The maximum absolute atomic E-state index is 6.05. The van der Waals surface area contributed by atoms with E-state index in [9.17, 15) is 0 Å². The van der Waals surface area contributed by atoms with E-state index >= 15 is 0 Å². The highest BCUT2D eigenvalue weighted by Gasteiger charge is 2.08. The van der Waals surface area contributed by atoms with Gasteiger partial charge in [0, 0.05) is 38.9 Å². The third-order valence-electron chi connectivity index (χ3n) is 2.63. The Morgan fingerprint density at radius 2 is 2.18 bits per heavy atom. The normalized spacial score (nSPS) is 12.9. The van der Waals surface area contributed by atoms with E-state index in [1.807, 2.05) is 18.7 Å². The van der Waals surface area contributed by atoms with Gasteiger partial charge in [-0.1, -0.05) is 0 Å².